The van der Waals surface area contributed by atoms with Gasteiger partial charge in [0.25, 0.3) is 0 Å². The van der Waals surface area contributed by atoms with E-state index >= 15 is 0 Å². The van der Waals surface area contributed by atoms with Crippen LogP contribution >= 0.6 is 11.6 Å². The molecule has 0 spiro atoms. The zero-order valence-corrected chi connectivity index (χ0v) is 19.0. The van der Waals surface area contributed by atoms with Crippen LogP contribution in [-0.4, -0.2) is 37.8 Å². The van der Waals surface area contributed by atoms with Gasteiger partial charge in [-0.25, -0.2) is 8.42 Å². The predicted molar refractivity (Wildman–Crippen MR) is 114 cm³/mol. The van der Waals surface area contributed by atoms with Gasteiger partial charge in [0.2, 0.25) is 15.9 Å². The van der Waals surface area contributed by atoms with Crippen LogP contribution in [0.4, 0.5) is 0 Å². The first-order valence-electron chi connectivity index (χ1n) is 10.6. The van der Waals surface area contributed by atoms with Gasteiger partial charge in [-0.3, -0.25) is 4.79 Å². The Bertz CT molecular complexity index is 891. The van der Waals surface area contributed by atoms with Gasteiger partial charge in [-0.2, -0.15) is 4.31 Å². The van der Waals surface area contributed by atoms with E-state index in [4.69, 9.17) is 11.6 Å². The van der Waals surface area contributed by atoms with Crippen LogP contribution in [0.2, 0.25) is 5.02 Å². The first-order valence-corrected chi connectivity index (χ1v) is 12.4. The molecule has 1 aromatic carbocycles. The Hall–Kier alpha value is -1.11. The van der Waals surface area contributed by atoms with E-state index in [1.807, 2.05) is 0 Å². The standard InChI is InChI=1S/C22H31ClN2O3S/c1-21(2)16-8-11-22(21,3)19(14-16)24-20(26)15-9-12-25(13-10-15)29(27,28)18-6-4-17(23)5-7-18/h4-7,15-16,19H,8-14H2,1-3H3,(H,24,26). The van der Waals surface area contributed by atoms with Crippen molar-refractivity contribution in [2.75, 3.05) is 13.1 Å². The lowest BCUT2D eigenvalue weighted by Gasteiger charge is -2.40. The van der Waals surface area contributed by atoms with Gasteiger partial charge in [-0.1, -0.05) is 32.4 Å². The number of carbonyl (C=O) groups excluding carboxylic acids is 1. The Morgan fingerprint density at radius 1 is 1.10 bits per heavy atom. The Labute approximate surface area is 179 Å². The number of nitrogens with one attached hydrogen (secondary N) is 1. The van der Waals surface area contributed by atoms with Crippen molar-refractivity contribution < 1.29 is 13.2 Å². The summed E-state index contributed by atoms with van der Waals surface area (Å²) in [5, 5.41) is 3.86. The molecule has 1 aliphatic heterocycles. The minimum Gasteiger partial charge on any atom is -0.353 e. The molecule has 2 bridgehead atoms. The van der Waals surface area contributed by atoms with Gasteiger partial charge in [0, 0.05) is 30.1 Å². The third-order valence-electron chi connectivity index (χ3n) is 8.39. The van der Waals surface area contributed by atoms with Crippen LogP contribution in [0.25, 0.3) is 0 Å². The van der Waals surface area contributed by atoms with Gasteiger partial charge in [0.05, 0.1) is 4.90 Å². The van der Waals surface area contributed by atoms with E-state index < -0.39 is 10.0 Å². The van der Waals surface area contributed by atoms with Crippen molar-refractivity contribution in [1.29, 1.82) is 0 Å². The smallest absolute Gasteiger partial charge is 0.243 e. The topological polar surface area (TPSA) is 66.5 Å². The number of fused-ring (bicyclic) bond motifs is 2. The van der Waals surface area contributed by atoms with Gasteiger partial charge in [0.1, 0.15) is 0 Å². The maximum Gasteiger partial charge on any atom is 0.243 e. The van der Waals surface area contributed by atoms with Crippen LogP contribution in [0.3, 0.4) is 0 Å². The highest BCUT2D eigenvalue weighted by Gasteiger charge is 2.61. The first kappa shape index (κ1) is 21.1. The van der Waals surface area contributed by atoms with E-state index in [-0.39, 0.29) is 33.6 Å². The van der Waals surface area contributed by atoms with E-state index in [0.29, 0.717) is 36.9 Å². The minimum absolute atomic E-state index is 0.100. The van der Waals surface area contributed by atoms with Crippen molar-refractivity contribution in [3.63, 3.8) is 0 Å². The molecule has 0 radical (unpaired) electrons. The molecule has 3 atom stereocenters. The van der Waals surface area contributed by atoms with Gasteiger partial charge in [-0.05, 0) is 73.1 Å². The molecule has 3 fully saturated rings. The highest BCUT2D eigenvalue weighted by molar-refractivity contribution is 7.89. The molecule has 1 aromatic rings. The lowest BCUT2D eigenvalue weighted by molar-refractivity contribution is -0.127. The molecule has 29 heavy (non-hydrogen) atoms. The number of nitrogens with zero attached hydrogens (tertiary/aromatic N) is 1. The van der Waals surface area contributed by atoms with Crippen LogP contribution in [0.5, 0.6) is 0 Å². The number of sulfonamides is 1. The molecule has 3 unspecified atom stereocenters. The summed E-state index contributed by atoms with van der Waals surface area (Å²) in [5.74, 6) is 0.671. The van der Waals surface area contributed by atoms with E-state index in [9.17, 15) is 13.2 Å². The number of benzene rings is 1. The average molecular weight is 439 g/mol. The average Bonchev–Trinajstić information content (AvgIpc) is 3.02. The normalized spacial score (nSPS) is 32.4. The molecule has 2 saturated carbocycles. The Morgan fingerprint density at radius 2 is 1.72 bits per heavy atom. The number of piperidine rings is 1. The summed E-state index contributed by atoms with van der Waals surface area (Å²) in [6.07, 6.45) is 4.63. The summed E-state index contributed by atoms with van der Waals surface area (Å²) < 4.78 is 27.2. The van der Waals surface area contributed by atoms with Crippen LogP contribution < -0.4 is 5.32 Å². The van der Waals surface area contributed by atoms with Crippen molar-refractivity contribution in [1.82, 2.24) is 9.62 Å². The number of amides is 1. The molecule has 1 amide bonds. The minimum atomic E-state index is -3.54. The van der Waals surface area contributed by atoms with Crippen LogP contribution in [0, 0.1) is 22.7 Å². The molecule has 160 valence electrons. The largest absolute Gasteiger partial charge is 0.353 e. The molecule has 5 nitrogen and oxygen atoms in total. The third-order valence-corrected chi connectivity index (χ3v) is 10.6. The molecule has 1 N–H and O–H groups in total. The van der Waals surface area contributed by atoms with Crippen LogP contribution in [-0.2, 0) is 14.8 Å². The molecule has 2 aliphatic carbocycles. The summed E-state index contributed by atoms with van der Waals surface area (Å²) in [5.41, 5.74) is 0.424. The summed E-state index contributed by atoms with van der Waals surface area (Å²) in [6, 6.07) is 6.49. The Morgan fingerprint density at radius 3 is 2.24 bits per heavy atom. The number of hydrogen-bond acceptors (Lipinski definition) is 3. The van der Waals surface area contributed by atoms with Crippen molar-refractivity contribution in [3.8, 4) is 0 Å². The zero-order valence-electron chi connectivity index (χ0n) is 17.4. The SMILES string of the molecule is CC1(C)C2CCC1(C)C(NC(=O)C1CCN(S(=O)(=O)c3ccc(Cl)cc3)CC1)C2. The molecular weight excluding hydrogens is 408 g/mol. The summed E-state index contributed by atoms with van der Waals surface area (Å²) in [7, 11) is -3.54. The molecule has 4 rings (SSSR count). The summed E-state index contributed by atoms with van der Waals surface area (Å²) >= 11 is 5.87. The van der Waals surface area contributed by atoms with Crippen LogP contribution in [0.1, 0.15) is 52.9 Å². The molecule has 0 aromatic heterocycles. The van der Waals surface area contributed by atoms with Gasteiger partial charge in [-0.15, -0.1) is 0 Å². The maximum absolute atomic E-state index is 13.0. The lowest BCUT2D eigenvalue weighted by Crippen LogP contribution is -2.50. The van der Waals surface area contributed by atoms with E-state index in [1.165, 1.54) is 29.3 Å². The molecule has 1 saturated heterocycles. The van der Waals surface area contributed by atoms with E-state index in [0.717, 1.165) is 6.42 Å². The number of halogens is 1. The van der Waals surface area contributed by atoms with E-state index in [1.54, 1.807) is 12.1 Å². The van der Waals surface area contributed by atoms with Crippen molar-refractivity contribution in [2.45, 2.75) is 63.8 Å². The molecule has 7 heteroatoms. The second kappa shape index (κ2) is 7.24. The second-order valence-corrected chi connectivity index (χ2v) is 12.2. The van der Waals surface area contributed by atoms with Gasteiger partial charge >= 0.3 is 0 Å². The summed E-state index contributed by atoms with van der Waals surface area (Å²) in [6.45, 7) is 7.76. The monoisotopic (exact) mass is 438 g/mol. The van der Waals surface area contributed by atoms with Crippen molar-refractivity contribution in [3.05, 3.63) is 29.3 Å². The fourth-order valence-electron chi connectivity index (χ4n) is 5.83. The third kappa shape index (κ3) is 3.41. The second-order valence-electron chi connectivity index (χ2n) is 9.80. The van der Waals surface area contributed by atoms with E-state index in [2.05, 4.69) is 26.1 Å². The van der Waals surface area contributed by atoms with Gasteiger partial charge < -0.3 is 5.32 Å². The summed E-state index contributed by atoms with van der Waals surface area (Å²) in [4.78, 5) is 13.2. The molecule has 3 aliphatic rings. The fourth-order valence-corrected chi connectivity index (χ4v) is 7.42. The number of rotatable bonds is 4. The van der Waals surface area contributed by atoms with Gasteiger partial charge in [0.15, 0.2) is 0 Å². The Kier molecular flexibility index (Phi) is 5.28. The number of carbonyl (C=O) groups is 1. The highest BCUT2D eigenvalue weighted by Crippen LogP contribution is 2.65. The Balaban J connectivity index is 1.36. The maximum atomic E-state index is 13.0. The predicted octanol–water partition coefficient (Wildman–Crippen LogP) is 4.07. The first-order chi connectivity index (χ1) is 13.6. The highest BCUT2D eigenvalue weighted by atomic mass is 35.5. The quantitative estimate of drug-likeness (QED) is 0.770. The number of hydrogen-bond donors (Lipinski definition) is 1. The zero-order chi connectivity index (χ0) is 21.0. The fraction of sp³-hybridized carbons (Fsp3) is 0.682. The van der Waals surface area contributed by atoms with Crippen molar-refractivity contribution >= 4 is 27.5 Å². The lowest BCUT2D eigenvalue weighted by atomic mass is 9.69. The molecular formula is C22H31ClN2O3S. The molecule has 1 heterocycles. The van der Waals surface area contributed by atoms with Crippen molar-refractivity contribution in [2.24, 2.45) is 22.7 Å². The van der Waals surface area contributed by atoms with Crippen LogP contribution in [0.15, 0.2) is 29.2 Å².